The molecule has 9 heteroatoms. The van der Waals surface area contributed by atoms with Crippen LogP contribution in [0.15, 0.2) is 11.6 Å². The van der Waals surface area contributed by atoms with Crippen molar-refractivity contribution in [1.29, 1.82) is 0 Å². The summed E-state index contributed by atoms with van der Waals surface area (Å²) in [6.45, 7) is 3.48. The standard InChI is InChI=1S/C12H17N3O5S/c1-12(2,10-13-4-5-21-10)15-11(19)14-7(9(17)18)6-8(16)20-3/h4-5,7H,6H2,1-3H3,(H,17,18)(H2,14,15,19)/t7-/m0/s1. The Bertz CT molecular complexity index is 515. The summed E-state index contributed by atoms with van der Waals surface area (Å²) < 4.78 is 4.39. The molecule has 1 heterocycles. The number of aromatic nitrogens is 1. The van der Waals surface area contributed by atoms with Gasteiger partial charge in [-0.1, -0.05) is 0 Å². The fourth-order valence-electron chi connectivity index (χ4n) is 1.51. The van der Waals surface area contributed by atoms with E-state index < -0.39 is 36.0 Å². The SMILES string of the molecule is COC(=O)C[C@H](NC(=O)NC(C)(C)c1nccs1)C(=O)O. The van der Waals surface area contributed by atoms with Gasteiger partial charge < -0.3 is 20.5 Å². The first kappa shape index (κ1) is 16.9. The van der Waals surface area contributed by atoms with Gasteiger partial charge in [-0.3, -0.25) is 4.79 Å². The van der Waals surface area contributed by atoms with E-state index >= 15 is 0 Å². The highest BCUT2D eigenvalue weighted by Gasteiger charge is 2.29. The zero-order valence-corrected chi connectivity index (χ0v) is 12.7. The highest BCUT2D eigenvalue weighted by Crippen LogP contribution is 2.21. The first-order valence-electron chi connectivity index (χ1n) is 6.04. The largest absolute Gasteiger partial charge is 0.480 e. The molecule has 0 aliphatic rings. The fraction of sp³-hybridized carbons (Fsp3) is 0.500. The van der Waals surface area contributed by atoms with Gasteiger partial charge in [-0.15, -0.1) is 11.3 Å². The van der Waals surface area contributed by atoms with Gasteiger partial charge in [0, 0.05) is 11.6 Å². The summed E-state index contributed by atoms with van der Waals surface area (Å²) in [6.07, 6.45) is 1.16. The van der Waals surface area contributed by atoms with Crippen LogP contribution in [0.4, 0.5) is 4.79 Å². The van der Waals surface area contributed by atoms with E-state index in [9.17, 15) is 14.4 Å². The molecular formula is C12H17N3O5S. The molecular weight excluding hydrogens is 298 g/mol. The smallest absolute Gasteiger partial charge is 0.326 e. The minimum absolute atomic E-state index is 0.447. The maximum absolute atomic E-state index is 11.9. The molecule has 1 rings (SSSR count). The van der Waals surface area contributed by atoms with Crippen LogP contribution in [-0.2, 0) is 19.9 Å². The first-order chi connectivity index (χ1) is 9.76. The number of nitrogens with one attached hydrogen (secondary N) is 2. The zero-order valence-electron chi connectivity index (χ0n) is 11.9. The highest BCUT2D eigenvalue weighted by atomic mass is 32.1. The van der Waals surface area contributed by atoms with Crippen LogP contribution in [0.5, 0.6) is 0 Å². The van der Waals surface area contributed by atoms with Crippen molar-refractivity contribution in [2.45, 2.75) is 31.8 Å². The Kier molecular flexibility index (Phi) is 5.65. The number of carbonyl (C=O) groups excluding carboxylic acids is 2. The van der Waals surface area contributed by atoms with Crippen molar-refractivity contribution < 1.29 is 24.2 Å². The molecule has 0 saturated carbocycles. The lowest BCUT2D eigenvalue weighted by Gasteiger charge is -2.25. The van der Waals surface area contributed by atoms with E-state index in [2.05, 4.69) is 20.4 Å². The number of urea groups is 1. The lowest BCUT2D eigenvalue weighted by Crippen LogP contribution is -2.52. The molecule has 0 radical (unpaired) electrons. The highest BCUT2D eigenvalue weighted by molar-refractivity contribution is 7.09. The predicted octanol–water partition coefficient (Wildman–Crippen LogP) is 0.694. The molecule has 116 valence electrons. The molecule has 0 bridgehead atoms. The number of thiazole rings is 1. The molecule has 0 fully saturated rings. The van der Waals surface area contributed by atoms with Crippen molar-refractivity contribution in [3.8, 4) is 0 Å². The number of rotatable bonds is 6. The van der Waals surface area contributed by atoms with E-state index in [1.165, 1.54) is 11.3 Å². The fourth-order valence-corrected chi connectivity index (χ4v) is 2.23. The summed E-state index contributed by atoms with van der Waals surface area (Å²) in [7, 11) is 1.15. The summed E-state index contributed by atoms with van der Waals surface area (Å²) in [5.74, 6) is -2.04. The molecule has 0 saturated heterocycles. The summed E-state index contributed by atoms with van der Waals surface area (Å²) in [4.78, 5) is 38.1. The van der Waals surface area contributed by atoms with Crippen LogP contribution < -0.4 is 10.6 Å². The van der Waals surface area contributed by atoms with Gasteiger partial charge in [-0.25, -0.2) is 14.6 Å². The number of carboxylic acid groups (broad SMARTS) is 1. The van der Waals surface area contributed by atoms with E-state index in [-0.39, 0.29) is 0 Å². The Morgan fingerprint density at radius 2 is 2.14 bits per heavy atom. The summed E-state index contributed by atoms with van der Waals surface area (Å²) >= 11 is 1.37. The second kappa shape index (κ2) is 7.02. The van der Waals surface area contributed by atoms with E-state index in [0.29, 0.717) is 5.01 Å². The topological polar surface area (TPSA) is 118 Å². The van der Waals surface area contributed by atoms with Crippen LogP contribution in [0.1, 0.15) is 25.3 Å². The third-order valence-electron chi connectivity index (χ3n) is 2.59. The van der Waals surface area contributed by atoms with Crippen LogP contribution in [0.25, 0.3) is 0 Å². The maximum Gasteiger partial charge on any atom is 0.326 e. The third kappa shape index (κ3) is 5.03. The van der Waals surface area contributed by atoms with Gasteiger partial charge in [0.05, 0.1) is 19.1 Å². The van der Waals surface area contributed by atoms with Gasteiger partial charge in [0.15, 0.2) is 0 Å². The number of aliphatic carboxylic acids is 1. The Morgan fingerprint density at radius 3 is 2.62 bits per heavy atom. The lowest BCUT2D eigenvalue weighted by molar-refractivity contribution is -0.147. The minimum atomic E-state index is -1.36. The number of carbonyl (C=O) groups is 3. The molecule has 8 nitrogen and oxygen atoms in total. The molecule has 0 aromatic carbocycles. The quantitative estimate of drug-likeness (QED) is 0.665. The zero-order chi connectivity index (χ0) is 16.0. The minimum Gasteiger partial charge on any atom is -0.480 e. The van der Waals surface area contributed by atoms with Gasteiger partial charge in [0.1, 0.15) is 11.0 Å². The second-order valence-electron chi connectivity index (χ2n) is 4.73. The van der Waals surface area contributed by atoms with Crippen molar-refractivity contribution in [3.05, 3.63) is 16.6 Å². The van der Waals surface area contributed by atoms with Gasteiger partial charge in [0.25, 0.3) is 0 Å². The molecule has 1 atom stereocenters. The van der Waals surface area contributed by atoms with Gasteiger partial charge >= 0.3 is 18.0 Å². The second-order valence-corrected chi connectivity index (χ2v) is 5.63. The van der Waals surface area contributed by atoms with Crippen molar-refractivity contribution >= 4 is 29.3 Å². The van der Waals surface area contributed by atoms with Crippen LogP contribution in [-0.4, -0.2) is 41.2 Å². The number of nitrogens with zero attached hydrogens (tertiary/aromatic N) is 1. The Morgan fingerprint density at radius 1 is 1.48 bits per heavy atom. The van der Waals surface area contributed by atoms with Crippen molar-refractivity contribution in [3.63, 3.8) is 0 Å². The number of methoxy groups -OCH3 is 1. The Balaban J connectivity index is 2.66. The van der Waals surface area contributed by atoms with E-state index in [4.69, 9.17) is 5.11 Å². The van der Waals surface area contributed by atoms with Crippen molar-refractivity contribution in [2.75, 3.05) is 7.11 Å². The first-order valence-corrected chi connectivity index (χ1v) is 6.92. The Labute approximate surface area is 125 Å². The van der Waals surface area contributed by atoms with Crippen LogP contribution in [0.2, 0.25) is 0 Å². The number of hydrogen-bond donors (Lipinski definition) is 3. The third-order valence-corrected chi connectivity index (χ3v) is 3.69. The normalized spacial score (nSPS) is 12.3. The molecule has 0 aliphatic carbocycles. The average Bonchev–Trinajstić information content (AvgIpc) is 2.91. The molecule has 1 aromatic rings. The predicted molar refractivity (Wildman–Crippen MR) is 74.9 cm³/mol. The van der Waals surface area contributed by atoms with Gasteiger partial charge in [-0.2, -0.15) is 0 Å². The lowest BCUT2D eigenvalue weighted by atomic mass is 10.1. The van der Waals surface area contributed by atoms with Crippen LogP contribution in [0, 0.1) is 0 Å². The van der Waals surface area contributed by atoms with Crippen LogP contribution in [0.3, 0.4) is 0 Å². The van der Waals surface area contributed by atoms with Crippen LogP contribution >= 0.6 is 11.3 Å². The molecule has 1 aromatic heterocycles. The van der Waals surface area contributed by atoms with Gasteiger partial charge in [-0.05, 0) is 13.8 Å². The number of hydrogen-bond acceptors (Lipinski definition) is 6. The summed E-state index contributed by atoms with van der Waals surface area (Å²) in [6, 6.07) is -2.06. The molecule has 3 N–H and O–H groups in total. The van der Waals surface area contributed by atoms with E-state index in [0.717, 1.165) is 7.11 Å². The number of amides is 2. The Hall–Kier alpha value is -2.16. The molecule has 21 heavy (non-hydrogen) atoms. The summed E-state index contributed by atoms with van der Waals surface area (Å²) in [5.41, 5.74) is -0.757. The maximum atomic E-state index is 11.9. The van der Waals surface area contributed by atoms with Crippen molar-refractivity contribution in [2.24, 2.45) is 0 Å². The molecule has 2 amide bonds. The van der Waals surface area contributed by atoms with E-state index in [1.807, 2.05) is 0 Å². The molecule has 0 aliphatic heterocycles. The molecule has 0 unspecified atom stereocenters. The number of ether oxygens (including phenoxy) is 1. The summed E-state index contributed by atoms with van der Waals surface area (Å²) in [5, 5.41) is 16.3. The average molecular weight is 315 g/mol. The molecule has 0 spiro atoms. The van der Waals surface area contributed by atoms with E-state index in [1.54, 1.807) is 25.4 Å². The monoisotopic (exact) mass is 315 g/mol. The van der Waals surface area contributed by atoms with Gasteiger partial charge in [0.2, 0.25) is 0 Å². The number of esters is 1. The number of carboxylic acids is 1. The van der Waals surface area contributed by atoms with Crippen molar-refractivity contribution in [1.82, 2.24) is 15.6 Å².